The number of hydrogen-bond donors (Lipinski definition) is 1. The molecular formula is C36H32Cl2N4O2. The molecule has 0 aliphatic heterocycles. The van der Waals surface area contributed by atoms with Gasteiger partial charge >= 0.3 is 0 Å². The number of aromatic nitrogens is 3. The zero-order valence-electron chi connectivity index (χ0n) is 24.9. The molecule has 6 rings (SSSR count). The predicted molar refractivity (Wildman–Crippen MR) is 181 cm³/mol. The van der Waals surface area contributed by atoms with E-state index < -0.39 is 0 Å². The Morgan fingerprint density at radius 2 is 1.59 bits per heavy atom. The molecule has 44 heavy (non-hydrogen) atoms. The fourth-order valence-electron chi connectivity index (χ4n) is 5.59. The first-order valence-electron chi connectivity index (χ1n) is 14.3. The molecule has 1 N–H and O–H groups in total. The Bertz CT molecular complexity index is 2030. The molecule has 0 unspecified atom stereocenters. The van der Waals surface area contributed by atoms with Crippen molar-refractivity contribution in [3.8, 4) is 28.3 Å². The highest BCUT2D eigenvalue weighted by atomic mass is 35.5. The number of pyridine rings is 1. The molecule has 2 heterocycles. The van der Waals surface area contributed by atoms with Crippen molar-refractivity contribution in [2.45, 2.75) is 19.4 Å². The SMILES string of the molecule is COc1ccc([C@H](C)Nc2nc(-c3ccc(Cl)cc3)n(C)c2Cc2ccc3c(c2)c(-c2cccc(Cl)c2)cc(=O)n3C)cc1. The first kappa shape index (κ1) is 29.5. The molecule has 4 aromatic carbocycles. The number of nitrogens with zero attached hydrogens (tertiary/aromatic N) is 3. The highest BCUT2D eigenvalue weighted by Gasteiger charge is 2.20. The molecule has 0 saturated carbocycles. The average Bonchev–Trinajstić information content (AvgIpc) is 3.33. The smallest absolute Gasteiger partial charge is 0.251 e. The van der Waals surface area contributed by atoms with Gasteiger partial charge in [0, 0.05) is 47.6 Å². The Kier molecular flexibility index (Phi) is 8.21. The molecule has 0 amide bonds. The summed E-state index contributed by atoms with van der Waals surface area (Å²) in [5.74, 6) is 2.45. The van der Waals surface area contributed by atoms with Gasteiger partial charge in [-0.15, -0.1) is 0 Å². The van der Waals surface area contributed by atoms with E-state index in [1.807, 2.05) is 73.8 Å². The summed E-state index contributed by atoms with van der Waals surface area (Å²) in [5.41, 5.74) is 6.75. The number of imidazole rings is 1. The zero-order chi connectivity index (χ0) is 31.0. The number of halogens is 2. The second-order valence-electron chi connectivity index (χ2n) is 10.9. The van der Waals surface area contributed by atoms with Crippen LogP contribution in [0.4, 0.5) is 5.82 Å². The molecule has 8 heteroatoms. The lowest BCUT2D eigenvalue weighted by Crippen LogP contribution is -2.16. The third-order valence-electron chi connectivity index (χ3n) is 8.10. The molecule has 6 aromatic rings. The van der Waals surface area contributed by atoms with E-state index in [0.717, 1.165) is 61.8 Å². The minimum atomic E-state index is -0.0709. The molecule has 1 atom stereocenters. The lowest BCUT2D eigenvalue weighted by atomic mass is 9.98. The Labute approximate surface area is 266 Å². The van der Waals surface area contributed by atoms with Crippen molar-refractivity contribution in [1.29, 1.82) is 0 Å². The van der Waals surface area contributed by atoms with E-state index in [1.165, 1.54) is 0 Å². The molecule has 0 bridgehead atoms. The van der Waals surface area contributed by atoms with E-state index in [0.29, 0.717) is 16.5 Å². The highest BCUT2D eigenvalue weighted by molar-refractivity contribution is 6.31. The van der Waals surface area contributed by atoms with Crippen LogP contribution in [0.1, 0.15) is 29.8 Å². The van der Waals surface area contributed by atoms with Crippen LogP contribution >= 0.6 is 23.2 Å². The minimum absolute atomic E-state index is 0.00631. The minimum Gasteiger partial charge on any atom is -0.497 e. The summed E-state index contributed by atoms with van der Waals surface area (Å²) in [5, 5.41) is 5.95. The number of benzene rings is 4. The van der Waals surface area contributed by atoms with Gasteiger partial charge in [-0.1, -0.05) is 53.5 Å². The fraction of sp³-hybridized carbons (Fsp3) is 0.167. The number of methoxy groups -OCH3 is 1. The molecule has 6 nitrogen and oxygen atoms in total. The first-order chi connectivity index (χ1) is 21.2. The molecule has 0 fully saturated rings. The van der Waals surface area contributed by atoms with E-state index in [-0.39, 0.29) is 11.6 Å². The zero-order valence-corrected chi connectivity index (χ0v) is 26.4. The molecule has 0 aliphatic rings. The number of fused-ring (bicyclic) bond motifs is 1. The molecular weight excluding hydrogens is 591 g/mol. The van der Waals surface area contributed by atoms with Crippen molar-refractivity contribution in [1.82, 2.24) is 14.1 Å². The largest absolute Gasteiger partial charge is 0.497 e. The van der Waals surface area contributed by atoms with Crippen molar-refractivity contribution in [2.24, 2.45) is 14.1 Å². The fourth-order valence-corrected chi connectivity index (χ4v) is 5.91. The van der Waals surface area contributed by atoms with E-state index >= 15 is 0 Å². The Balaban J connectivity index is 1.44. The van der Waals surface area contributed by atoms with Crippen LogP contribution in [0.3, 0.4) is 0 Å². The number of aryl methyl sites for hydroxylation is 1. The van der Waals surface area contributed by atoms with Gasteiger partial charge in [-0.05, 0) is 89.8 Å². The third kappa shape index (κ3) is 5.83. The summed E-state index contributed by atoms with van der Waals surface area (Å²) < 4.78 is 9.16. The summed E-state index contributed by atoms with van der Waals surface area (Å²) in [7, 11) is 5.51. The molecule has 0 aliphatic carbocycles. The van der Waals surface area contributed by atoms with Crippen LogP contribution < -0.4 is 15.6 Å². The van der Waals surface area contributed by atoms with Crippen LogP contribution in [0.25, 0.3) is 33.4 Å². The van der Waals surface area contributed by atoms with Crippen LogP contribution in [0.2, 0.25) is 10.0 Å². The van der Waals surface area contributed by atoms with Crippen molar-refractivity contribution in [3.05, 3.63) is 134 Å². The van der Waals surface area contributed by atoms with Crippen LogP contribution in [0, 0.1) is 0 Å². The monoisotopic (exact) mass is 622 g/mol. The maximum atomic E-state index is 12.9. The van der Waals surface area contributed by atoms with E-state index in [4.69, 9.17) is 32.9 Å². The topological polar surface area (TPSA) is 61.1 Å². The maximum absolute atomic E-state index is 12.9. The lowest BCUT2D eigenvalue weighted by Gasteiger charge is -2.17. The van der Waals surface area contributed by atoms with Crippen molar-refractivity contribution in [2.75, 3.05) is 12.4 Å². The Morgan fingerprint density at radius 1 is 0.841 bits per heavy atom. The lowest BCUT2D eigenvalue weighted by molar-refractivity contribution is 0.414. The molecule has 222 valence electrons. The first-order valence-corrected chi connectivity index (χ1v) is 15.1. The number of rotatable bonds is 8. The standard InChI is InChI=1S/C36H32Cl2N4O2/c1-22(24-11-15-29(44-4)16-12-24)39-35-33(42(3)36(40-35)25-9-13-27(37)14-10-25)19-23-8-17-32-31(18-23)30(21-34(43)41(32)2)26-6-5-7-28(38)20-26/h5-18,20-22,39H,19H2,1-4H3/t22-/m0/s1. The van der Waals surface area contributed by atoms with E-state index in [9.17, 15) is 4.79 Å². The van der Waals surface area contributed by atoms with Crippen LogP contribution in [-0.4, -0.2) is 21.2 Å². The number of ether oxygens (including phenoxy) is 1. The van der Waals surface area contributed by atoms with Crippen LogP contribution in [0.5, 0.6) is 5.75 Å². The van der Waals surface area contributed by atoms with Crippen LogP contribution in [0.15, 0.2) is 102 Å². The van der Waals surface area contributed by atoms with Gasteiger partial charge in [0.1, 0.15) is 17.4 Å². The second kappa shape index (κ2) is 12.2. The van der Waals surface area contributed by atoms with Gasteiger partial charge < -0.3 is 19.2 Å². The number of anilines is 1. The van der Waals surface area contributed by atoms with Gasteiger partial charge in [0.2, 0.25) is 0 Å². The summed E-state index contributed by atoms with van der Waals surface area (Å²) in [6.07, 6.45) is 0.614. The molecule has 0 radical (unpaired) electrons. The number of nitrogens with one attached hydrogen (secondary N) is 1. The summed E-state index contributed by atoms with van der Waals surface area (Å²) in [6, 6.07) is 31.3. The summed E-state index contributed by atoms with van der Waals surface area (Å²) in [4.78, 5) is 18.0. The maximum Gasteiger partial charge on any atom is 0.251 e. The molecule has 0 spiro atoms. The Morgan fingerprint density at radius 3 is 2.30 bits per heavy atom. The summed E-state index contributed by atoms with van der Waals surface area (Å²) >= 11 is 12.5. The van der Waals surface area contributed by atoms with Gasteiger partial charge in [0.15, 0.2) is 0 Å². The van der Waals surface area contributed by atoms with Crippen LogP contribution in [-0.2, 0) is 20.5 Å². The Hall–Kier alpha value is -4.52. The van der Waals surface area contributed by atoms with E-state index in [1.54, 1.807) is 24.8 Å². The van der Waals surface area contributed by atoms with Gasteiger partial charge in [-0.3, -0.25) is 4.79 Å². The normalized spacial score (nSPS) is 12.0. The third-order valence-corrected chi connectivity index (χ3v) is 8.59. The second-order valence-corrected chi connectivity index (χ2v) is 11.8. The average molecular weight is 624 g/mol. The van der Waals surface area contributed by atoms with Gasteiger partial charge in [0.05, 0.1) is 24.4 Å². The molecule has 2 aromatic heterocycles. The highest BCUT2D eigenvalue weighted by Crippen LogP contribution is 2.33. The quantitative estimate of drug-likeness (QED) is 0.184. The summed E-state index contributed by atoms with van der Waals surface area (Å²) in [6.45, 7) is 2.12. The number of hydrogen-bond acceptors (Lipinski definition) is 4. The van der Waals surface area contributed by atoms with Gasteiger partial charge in [0.25, 0.3) is 5.56 Å². The molecule has 0 saturated heterocycles. The van der Waals surface area contributed by atoms with Gasteiger partial charge in [-0.25, -0.2) is 4.98 Å². The van der Waals surface area contributed by atoms with Gasteiger partial charge in [-0.2, -0.15) is 0 Å². The van der Waals surface area contributed by atoms with Crippen molar-refractivity contribution >= 4 is 39.9 Å². The van der Waals surface area contributed by atoms with E-state index in [2.05, 4.69) is 41.1 Å². The van der Waals surface area contributed by atoms with Crippen molar-refractivity contribution in [3.63, 3.8) is 0 Å². The van der Waals surface area contributed by atoms with Crippen molar-refractivity contribution < 1.29 is 4.74 Å². The predicted octanol–water partition coefficient (Wildman–Crippen LogP) is 8.69.